The van der Waals surface area contributed by atoms with Gasteiger partial charge >= 0.3 is 0 Å². The van der Waals surface area contributed by atoms with Gasteiger partial charge in [0.2, 0.25) is 0 Å². The number of hydrogen-bond acceptors (Lipinski definition) is 2. The van der Waals surface area contributed by atoms with Gasteiger partial charge in [-0.3, -0.25) is 0 Å². The van der Waals surface area contributed by atoms with Crippen LogP contribution >= 0.6 is 27.5 Å². The lowest BCUT2D eigenvalue weighted by atomic mass is 10.1. The molecule has 0 aliphatic carbocycles. The Morgan fingerprint density at radius 2 is 1.38 bits per heavy atom. The summed E-state index contributed by atoms with van der Waals surface area (Å²) in [5.74, 6) is 0.409. The molecule has 120 valence electrons. The Hall–Kier alpha value is -0.0600. The molecular weight excluding hydrogens is 372 g/mol. The first-order valence-electron chi connectivity index (χ1n) is 7.54. The third-order valence-corrected chi connectivity index (χ3v) is 5.89. The second-order valence-corrected chi connectivity index (χ2v) is 8.80. The molecule has 0 saturated carbocycles. The molecule has 0 fully saturated rings. The van der Waals surface area contributed by atoms with E-state index in [0.29, 0.717) is 5.02 Å². The Balaban J connectivity index is 2.17. The van der Waals surface area contributed by atoms with Crippen LogP contribution in [-0.4, -0.2) is 19.5 Å². The SMILES string of the molecule is O=S(=O)(CCCCCCCCCBr)Cc1ccc(Cl)cc1. The summed E-state index contributed by atoms with van der Waals surface area (Å²) < 4.78 is 24.0. The van der Waals surface area contributed by atoms with Gasteiger partial charge in [-0.15, -0.1) is 0 Å². The van der Waals surface area contributed by atoms with Crippen LogP contribution in [0.3, 0.4) is 0 Å². The average molecular weight is 396 g/mol. The predicted octanol–water partition coefficient (Wildman–Crippen LogP) is 5.38. The minimum absolute atomic E-state index is 0.120. The maximum Gasteiger partial charge on any atom is 0.154 e. The molecule has 21 heavy (non-hydrogen) atoms. The summed E-state index contributed by atoms with van der Waals surface area (Å²) in [7, 11) is -3.00. The minimum Gasteiger partial charge on any atom is -0.228 e. The number of benzene rings is 1. The second kappa shape index (κ2) is 10.6. The first-order chi connectivity index (χ1) is 10.0. The van der Waals surface area contributed by atoms with E-state index in [1.54, 1.807) is 24.3 Å². The number of hydrogen-bond donors (Lipinski definition) is 0. The fourth-order valence-electron chi connectivity index (χ4n) is 2.21. The van der Waals surface area contributed by atoms with Crippen molar-refractivity contribution in [2.45, 2.75) is 50.7 Å². The zero-order valence-corrected chi connectivity index (χ0v) is 15.5. The van der Waals surface area contributed by atoms with Crippen LogP contribution in [0.2, 0.25) is 5.02 Å². The monoisotopic (exact) mass is 394 g/mol. The maximum atomic E-state index is 12.0. The van der Waals surface area contributed by atoms with Crippen molar-refractivity contribution in [3.63, 3.8) is 0 Å². The van der Waals surface area contributed by atoms with Crippen molar-refractivity contribution in [1.29, 1.82) is 0 Å². The highest BCUT2D eigenvalue weighted by molar-refractivity contribution is 9.09. The van der Waals surface area contributed by atoms with Crippen molar-refractivity contribution in [2.75, 3.05) is 11.1 Å². The summed E-state index contributed by atoms with van der Waals surface area (Å²) >= 11 is 9.22. The molecule has 0 radical (unpaired) electrons. The average Bonchev–Trinajstić information content (AvgIpc) is 2.44. The van der Waals surface area contributed by atoms with Gasteiger partial charge in [0.1, 0.15) is 0 Å². The summed E-state index contributed by atoms with van der Waals surface area (Å²) in [6.07, 6.45) is 7.88. The van der Waals surface area contributed by atoms with E-state index in [0.717, 1.165) is 30.2 Å². The largest absolute Gasteiger partial charge is 0.228 e. The number of sulfone groups is 1. The molecule has 0 atom stereocenters. The van der Waals surface area contributed by atoms with Crippen LogP contribution in [0.1, 0.15) is 50.5 Å². The number of halogens is 2. The van der Waals surface area contributed by atoms with Gasteiger partial charge in [0.25, 0.3) is 0 Å². The maximum absolute atomic E-state index is 12.0. The van der Waals surface area contributed by atoms with Crippen LogP contribution in [0.25, 0.3) is 0 Å². The molecule has 0 aliphatic rings. The molecule has 0 unspecified atom stereocenters. The minimum atomic E-state index is -3.00. The lowest BCUT2D eigenvalue weighted by Crippen LogP contribution is -2.09. The van der Waals surface area contributed by atoms with Crippen molar-refractivity contribution in [2.24, 2.45) is 0 Å². The van der Waals surface area contributed by atoms with Crippen molar-refractivity contribution in [1.82, 2.24) is 0 Å². The van der Waals surface area contributed by atoms with Crippen molar-refractivity contribution >= 4 is 37.4 Å². The van der Waals surface area contributed by atoms with Gasteiger partial charge in [0.15, 0.2) is 9.84 Å². The number of alkyl halides is 1. The molecule has 0 aromatic heterocycles. The Bertz CT molecular complexity index is 486. The molecule has 0 spiro atoms. The molecule has 0 aliphatic heterocycles. The lowest BCUT2D eigenvalue weighted by molar-refractivity contribution is 0.579. The second-order valence-electron chi connectivity index (χ2n) is 5.38. The fourth-order valence-corrected chi connectivity index (χ4v) is 4.22. The highest BCUT2D eigenvalue weighted by atomic mass is 79.9. The molecule has 0 saturated heterocycles. The number of rotatable bonds is 11. The van der Waals surface area contributed by atoms with E-state index in [1.807, 2.05) is 0 Å². The first-order valence-corrected chi connectivity index (χ1v) is 10.9. The topological polar surface area (TPSA) is 34.1 Å². The fraction of sp³-hybridized carbons (Fsp3) is 0.625. The molecule has 5 heteroatoms. The molecule has 0 N–H and O–H groups in total. The molecule has 1 rings (SSSR count). The van der Waals surface area contributed by atoms with E-state index in [9.17, 15) is 8.42 Å². The van der Waals surface area contributed by atoms with E-state index in [-0.39, 0.29) is 11.5 Å². The quantitative estimate of drug-likeness (QED) is 0.372. The van der Waals surface area contributed by atoms with Crippen LogP contribution in [0.5, 0.6) is 0 Å². The standard InChI is InChI=1S/C16H24BrClO2S/c17-12-6-4-2-1-3-5-7-13-21(19,20)14-15-8-10-16(18)11-9-15/h8-11H,1-7,12-14H2. The summed E-state index contributed by atoms with van der Waals surface area (Å²) in [4.78, 5) is 0. The highest BCUT2D eigenvalue weighted by Gasteiger charge is 2.11. The molecular formula is C16H24BrClO2S. The van der Waals surface area contributed by atoms with Gasteiger partial charge in [-0.05, 0) is 30.5 Å². The van der Waals surface area contributed by atoms with Crippen LogP contribution in [-0.2, 0) is 15.6 Å². The predicted molar refractivity (Wildman–Crippen MR) is 95.1 cm³/mol. The molecule has 1 aromatic rings. The van der Waals surface area contributed by atoms with Gasteiger partial charge in [-0.25, -0.2) is 8.42 Å². The van der Waals surface area contributed by atoms with E-state index in [2.05, 4.69) is 15.9 Å². The first kappa shape index (κ1) is 19.0. The van der Waals surface area contributed by atoms with Crippen LogP contribution in [0, 0.1) is 0 Å². The zero-order chi connectivity index (χ0) is 15.6. The number of unbranched alkanes of at least 4 members (excludes halogenated alkanes) is 6. The van der Waals surface area contributed by atoms with E-state index >= 15 is 0 Å². The Labute approximate surface area is 142 Å². The molecule has 0 bridgehead atoms. The Kier molecular flexibility index (Phi) is 9.61. The van der Waals surface area contributed by atoms with E-state index < -0.39 is 9.84 Å². The van der Waals surface area contributed by atoms with Crippen LogP contribution in [0.4, 0.5) is 0 Å². The van der Waals surface area contributed by atoms with E-state index in [4.69, 9.17) is 11.6 Å². The summed E-state index contributed by atoms with van der Waals surface area (Å²) in [6.45, 7) is 0. The van der Waals surface area contributed by atoms with Gasteiger partial charge in [-0.1, -0.05) is 71.8 Å². The van der Waals surface area contributed by atoms with Crippen LogP contribution < -0.4 is 0 Å². The summed E-state index contributed by atoms with van der Waals surface area (Å²) in [6, 6.07) is 7.03. The molecule has 0 heterocycles. The van der Waals surface area contributed by atoms with Crippen LogP contribution in [0.15, 0.2) is 24.3 Å². The molecule has 1 aromatic carbocycles. The van der Waals surface area contributed by atoms with E-state index in [1.165, 1.54) is 25.7 Å². The normalized spacial score (nSPS) is 11.7. The van der Waals surface area contributed by atoms with Gasteiger partial charge in [0, 0.05) is 10.4 Å². The van der Waals surface area contributed by atoms with Crippen molar-refractivity contribution < 1.29 is 8.42 Å². The summed E-state index contributed by atoms with van der Waals surface area (Å²) in [5, 5.41) is 1.71. The zero-order valence-electron chi connectivity index (χ0n) is 12.4. The Morgan fingerprint density at radius 3 is 1.95 bits per heavy atom. The lowest BCUT2D eigenvalue weighted by Gasteiger charge is -2.05. The smallest absolute Gasteiger partial charge is 0.154 e. The highest BCUT2D eigenvalue weighted by Crippen LogP contribution is 2.14. The Morgan fingerprint density at radius 1 is 0.857 bits per heavy atom. The summed E-state index contributed by atoms with van der Waals surface area (Å²) in [5.41, 5.74) is 0.814. The van der Waals surface area contributed by atoms with Crippen molar-refractivity contribution in [3.05, 3.63) is 34.9 Å². The third-order valence-electron chi connectivity index (χ3n) is 3.39. The molecule has 0 amide bonds. The van der Waals surface area contributed by atoms with Gasteiger partial charge in [0.05, 0.1) is 11.5 Å². The van der Waals surface area contributed by atoms with Gasteiger partial charge in [-0.2, -0.15) is 0 Å². The van der Waals surface area contributed by atoms with Gasteiger partial charge < -0.3 is 0 Å². The van der Waals surface area contributed by atoms with Crippen molar-refractivity contribution in [3.8, 4) is 0 Å². The molecule has 2 nitrogen and oxygen atoms in total. The third kappa shape index (κ3) is 9.54.